The summed E-state index contributed by atoms with van der Waals surface area (Å²) in [5.74, 6) is 0.813. The molecule has 3 heteroatoms. The predicted octanol–water partition coefficient (Wildman–Crippen LogP) is 2.17. The SMILES string of the molecule is CNCCC1CCCCN1C(=O)C1CCCC1. The Morgan fingerprint density at radius 1 is 1.18 bits per heavy atom. The molecule has 0 aromatic carbocycles. The number of carbonyl (C=O) groups is 1. The average molecular weight is 238 g/mol. The van der Waals surface area contributed by atoms with E-state index in [4.69, 9.17) is 0 Å². The first-order chi connectivity index (χ1) is 8.33. The van der Waals surface area contributed by atoms with E-state index in [1.807, 2.05) is 7.05 Å². The van der Waals surface area contributed by atoms with Gasteiger partial charge in [0, 0.05) is 18.5 Å². The molecule has 1 aliphatic heterocycles. The summed E-state index contributed by atoms with van der Waals surface area (Å²) in [6, 6.07) is 0.504. The highest BCUT2D eigenvalue weighted by molar-refractivity contribution is 5.79. The first-order valence-corrected chi connectivity index (χ1v) is 7.28. The highest BCUT2D eigenvalue weighted by Crippen LogP contribution is 2.29. The lowest BCUT2D eigenvalue weighted by Crippen LogP contribution is -2.46. The highest BCUT2D eigenvalue weighted by Gasteiger charge is 2.32. The molecule has 1 atom stereocenters. The van der Waals surface area contributed by atoms with Crippen LogP contribution in [0.5, 0.6) is 0 Å². The van der Waals surface area contributed by atoms with Crippen LogP contribution in [0.2, 0.25) is 0 Å². The fraction of sp³-hybridized carbons (Fsp3) is 0.929. The molecule has 17 heavy (non-hydrogen) atoms. The quantitative estimate of drug-likeness (QED) is 0.814. The molecule has 2 aliphatic rings. The van der Waals surface area contributed by atoms with E-state index in [1.165, 1.54) is 32.1 Å². The fourth-order valence-electron chi connectivity index (χ4n) is 3.31. The Morgan fingerprint density at radius 3 is 2.59 bits per heavy atom. The van der Waals surface area contributed by atoms with E-state index in [-0.39, 0.29) is 0 Å². The molecule has 0 aromatic rings. The van der Waals surface area contributed by atoms with Crippen LogP contribution >= 0.6 is 0 Å². The molecule has 0 radical (unpaired) electrons. The molecule has 1 unspecified atom stereocenters. The van der Waals surface area contributed by atoms with Gasteiger partial charge in [0.2, 0.25) is 5.91 Å². The summed E-state index contributed by atoms with van der Waals surface area (Å²) in [5, 5.41) is 3.21. The molecule has 3 nitrogen and oxygen atoms in total. The second-order valence-corrected chi connectivity index (χ2v) is 5.55. The number of amides is 1. The van der Waals surface area contributed by atoms with E-state index in [1.54, 1.807) is 0 Å². The summed E-state index contributed by atoms with van der Waals surface area (Å²) in [7, 11) is 1.99. The molecule has 2 rings (SSSR count). The van der Waals surface area contributed by atoms with Crippen LogP contribution < -0.4 is 5.32 Å². The zero-order valence-corrected chi connectivity index (χ0v) is 11.1. The van der Waals surface area contributed by atoms with Crippen LogP contribution in [0.15, 0.2) is 0 Å². The number of piperidine rings is 1. The van der Waals surface area contributed by atoms with Crippen LogP contribution in [0.1, 0.15) is 51.4 Å². The third-order valence-electron chi connectivity index (χ3n) is 4.34. The first-order valence-electron chi connectivity index (χ1n) is 7.28. The van der Waals surface area contributed by atoms with Crippen LogP contribution in [0.3, 0.4) is 0 Å². The van der Waals surface area contributed by atoms with Crippen molar-refractivity contribution in [3.05, 3.63) is 0 Å². The molecule has 1 saturated heterocycles. The van der Waals surface area contributed by atoms with Crippen molar-refractivity contribution in [2.24, 2.45) is 5.92 Å². The second-order valence-electron chi connectivity index (χ2n) is 5.55. The van der Waals surface area contributed by atoms with E-state index in [0.29, 0.717) is 17.9 Å². The smallest absolute Gasteiger partial charge is 0.225 e. The van der Waals surface area contributed by atoms with Gasteiger partial charge in [-0.05, 0) is 52.1 Å². The summed E-state index contributed by atoms with van der Waals surface area (Å²) < 4.78 is 0. The summed E-state index contributed by atoms with van der Waals surface area (Å²) >= 11 is 0. The maximum atomic E-state index is 12.5. The lowest BCUT2D eigenvalue weighted by atomic mass is 9.96. The van der Waals surface area contributed by atoms with E-state index >= 15 is 0 Å². The van der Waals surface area contributed by atoms with Crippen molar-refractivity contribution in [3.8, 4) is 0 Å². The molecule has 1 amide bonds. The molecule has 1 aliphatic carbocycles. The van der Waals surface area contributed by atoms with Crippen LogP contribution in [-0.4, -0.2) is 37.0 Å². The molecule has 1 N–H and O–H groups in total. The van der Waals surface area contributed by atoms with Crippen LogP contribution in [-0.2, 0) is 4.79 Å². The molecule has 0 aromatic heterocycles. The fourth-order valence-corrected chi connectivity index (χ4v) is 3.31. The summed E-state index contributed by atoms with van der Waals surface area (Å²) in [6.45, 7) is 2.03. The Kier molecular flexibility index (Phi) is 4.84. The Bertz CT molecular complexity index is 249. The number of carbonyl (C=O) groups excluding carboxylic acids is 1. The minimum absolute atomic E-state index is 0.352. The van der Waals surface area contributed by atoms with E-state index < -0.39 is 0 Å². The van der Waals surface area contributed by atoms with Crippen molar-refractivity contribution in [2.45, 2.75) is 57.4 Å². The average Bonchev–Trinajstić information content (AvgIpc) is 2.89. The lowest BCUT2D eigenvalue weighted by Gasteiger charge is -2.37. The zero-order chi connectivity index (χ0) is 12.1. The lowest BCUT2D eigenvalue weighted by molar-refractivity contribution is -0.139. The topological polar surface area (TPSA) is 32.3 Å². The zero-order valence-electron chi connectivity index (χ0n) is 11.1. The monoisotopic (exact) mass is 238 g/mol. The maximum absolute atomic E-state index is 12.5. The van der Waals surface area contributed by atoms with Crippen molar-refractivity contribution in [3.63, 3.8) is 0 Å². The highest BCUT2D eigenvalue weighted by atomic mass is 16.2. The molecule has 0 spiro atoms. The number of likely N-dealkylation sites (tertiary alicyclic amines) is 1. The van der Waals surface area contributed by atoms with Gasteiger partial charge in [0.05, 0.1) is 0 Å². The molecular formula is C14H26N2O. The first kappa shape index (κ1) is 12.9. The van der Waals surface area contributed by atoms with Crippen molar-refractivity contribution in [2.75, 3.05) is 20.1 Å². The summed E-state index contributed by atoms with van der Waals surface area (Å²) in [4.78, 5) is 14.7. The van der Waals surface area contributed by atoms with Gasteiger partial charge in [0.15, 0.2) is 0 Å². The largest absolute Gasteiger partial charge is 0.339 e. The van der Waals surface area contributed by atoms with E-state index in [0.717, 1.165) is 32.4 Å². The Morgan fingerprint density at radius 2 is 1.88 bits per heavy atom. The number of rotatable bonds is 4. The molecule has 0 bridgehead atoms. The molecular weight excluding hydrogens is 212 g/mol. The molecule has 98 valence electrons. The van der Waals surface area contributed by atoms with Gasteiger partial charge in [0.1, 0.15) is 0 Å². The van der Waals surface area contributed by atoms with Gasteiger partial charge in [-0.2, -0.15) is 0 Å². The van der Waals surface area contributed by atoms with E-state index in [2.05, 4.69) is 10.2 Å². The number of hydrogen-bond acceptors (Lipinski definition) is 2. The minimum atomic E-state index is 0.352. The normalized spacial score (nSPS) is 26.4. The van der Waals surface area contributed by atoms with Crippen molar-refractivity contribution in [1.82, 2.24) is 10.2 Å². The number of nitrogens with zero attached hydrogens (tertiary/aromatic N) is 1. The third kappa shape index (κ3) is 3.21. The Balaban J connectivity index is 1.92. The molecule has 1 heterocycles. The summed E-state index contributed by atoms with van der Waals surface area (Å²) in [6.07, 6.45) is 9.60. The van der Waals surface area contributed by atoms with Crippen LogP contribution in [0, 0.1) is 5.92 Å². The van der Waals surface area contributed by atoms with Gasteiger partial charge >= 0.3 is 0 Å². The van der Waals surface area contributed by atoms with Gasteiger partial charge in [0.25, 0.3) is 0 Å². The van der Waals surface area contributed by atoms with Crippen molar-refractivity contribution >= 4 is 5.91 Å². The Labute approximate surface area is 105 Å². The Hall–Kier alpha value is -0.570. The van der Waals surface area contributed by atoms with Crippen LogP contribution in [0.25, 0.3) is 0 Å². The van der Waals surface area contributed by atoms with Gasteiger partial charge in [-0.15, -0.1) is 0 Å². The molecule has 1 saturated carbocycles. The van der Waals surface area contributed by atoms with Gasteiger partial charge in [-0.1, -0.05) is 12.8 Å². The van der Waals surface area contributed by atoms with Gasteiger partial charge in [-0.25, -0.2) is 0 Å². The molecule has 2 fully saturated rings. The van der Waals surface area contributed by atoms with Crippen LogP contribution in [0.4, 0.5) is 0 Å². The van der Waals surface area contributed by atoms with Crippen molar-refractivity contribution < 1.29 is 4.79 Å². The minimum Gasteiger partial charge on any atom is -0.339 e. The second kappa shape index (κ2) is 6.39. The van der Waals surface area contributed by atoms with E-state index in [9.17, 15) is 4.79 Å². The van der Waals surface area contributed by atoms with Gasteiger partial charge < -0.3 is 10.2 Å². The maximum Gasteiger partial charge on any atom is 0.225 e. The predicted molar refractivity (Wildman–Crippen MR) is 69.9 cm³/mol. The summed E-state index contributed by atoms with van der Waals surface area (Å²) in [5.41, 5.74) is 0. The third-order valence-corrected chi connectivity index (χ3v) is 4.34. The van der Waals surface area contributed by atoms with Gasteiger partial charge in [-0.3, -0.25) is 4.79 Å². The number of hydrogen-bond donors (Lipinski definition) is 1. The number of nitrogens with one attached hydrogen (secondary N) is 1. The van der Waals surface area contributed by atoms with Crippen molar-refractivity contribution in [1.29, 1.82) is 0 Å². The standard InChI is InChI=1S/C14H26N2O/c1-15-10-9-13-8-4-5-11-16(13)14(17)12-6-2-3-7-12/h12-13,15H,2-11H2,1H3.